The SMILES string of the molecule is CCO[Si](CCCNC(=O)NOCCOC)(OCC)OCC. The van der Waals surface area contributed by atoms with Crippen LogP contribution in [0.15, 0.2) is 0 Å². The Morgan fingerprint density at radius 3 is 2.09 bits per heavy atom. The van der Waals surface area contributed by atoms with Gasteiger partial charge < -0.3 is 23.3 Å². The van der Waals surface area contributed by atoms with Crippen molar-refractivity contribution in [3.05, 3.63) is 0 Å². The highest BCUT2D eigenvalue weighted by atomic mass is 28.4. The Kier molecular flexibility index (Phi) is 13.5. The highest BCUT2D eigenvalue weighted by molar-refractivity contribution is 6.60. The summed E-state index contributed by atoms with van der Waals surface area (Å²) in [5.41, 5.74) is 2.28. The highest BCUT2D eigenvalue weighted by Gasteiger charge is 2.39. The van der Waals surface area contributed by atoms with Crippen LogP contribution in [0.4, 0.5) is 4.79 Å². The van der Waals surface area contributed by atoms with E-state index in [0.717, 1.165) is 0 Å². The van der Waals surface area contributed by atoms with Crippen molar-refractivity contribution in [1.82, 2.24) is 10.8 Å². The van der Waals surface area contributed by atoms with Crippen LogP contribution in [0.3, 0.4) is 0 Å². The van der Waals surface area contributed by atoms with E-state index in [2.05, 4.69) is 10.8 Å². The molecule has 8 nitrogen and oxygen atoms in total. The molecule has 0 heterocycles. The normalized spacial score (nSPS) is 11.5. The molecule has 0 aromatic rings. The lowest BCUT2D eigenvalue weighted by Gasteiger charge is -2.28. The molecule has 0 unspecified atom stereocenters. The van der Waals surface area contributed by atoms with E-state index in [-0.39, 0.29) is 6.03 Å². The van der Waals surface area contributed by atoms with Gasteiger partial charge in [-0.1, -0.05) is 0 Å². The molecule has 0 aliphatic heterocycles. The largest absolute Gasteiger partial charge is 0.500 e. The van der Waals surface area contributed by atoms with Gasteiger partial charge in [-0.05, 0) is 27.2 Å². The van der Waals surface area contributed by atoms with Crippen molar-refractivity contribution in [2.45, 2.75) is 33.2 Å². The van der Waals surface area contributed by atoms with Crippen molar-refractivity contribution in [1.29, 1.82) is 0 Å². The van der Waals surface area contributed by atoms with Crippen molar-refractivity contribution in [2.75, 3.05) is 46.7 Å². The van der Waals surface area contributed by atoms with Gasteiger partial charge in [-0.15, -0.1) is 0 Å². The van der Waals surface area contributed by atoms with Crippen LogP contribution < -0.4 is 10.8 Å². The summed E-state index contributed by atoms with van der Waals surface area (Å²) in [6, 6.07) is 0.278. The van der Waals surface area contributed by atoms with Crippen molar-refractivity contribution in [3.8, 4) is 0 Å². The predicted octanol–water partition coefficient (Wildman–Crippen LogP) is 1.30. The van der Waals surface area contributed by atoms with Gasteiger partial charge >= 0.3 is 14.8 Å². The number of amides is 2. The fourth-order valence-corrected chi connectivity index (χ4v) is 4.40. The third-order valence-corrected chi connectivity index (χ3v) is 5.74. The fraction of sp³-hybridized carbons (Fsp3) is 0.923. The summed E-state index contributed by atoms with van der Waals surface area (Å²) < 4.78 is 22.0. The van der Waals surface area contributed by atoms with Gasteiger partial charge in [0.05, 0.1) is 13.2 Å². The van der Waals surface area contributed by atoms with Gasteiger partial charge in [-0.25, -0.2) is 10.3 Å². The molecule has 2 N–H and O–H groups in total. The maximum atomic E-state index is 11.4. The first-order chi connectivity index (χ1) is 10.6. The molecule has 0 aromatic heterocycles. The average Bonchev–Trinajstić information content (AvgIpc) is 2.49. The lowest BCUT2D eigenvalue weighted by atomic mass is 10.5. The van der Waals surface area contributed by atoms with Gasteiger partial charge in [0.15, 0.2) is 0 Å². The first kappa shape index (κ1) is 21.3. The number of hydrogen-bond acceptors (Lipinski definition) is 6. The maximum Gasteiger partial charge on any atom is 0.500 e. The number of ether oxygens (including phenoxy) is 1. The molecule has 132 valence electrons. The van der Waals surface area contributed by atoms with Crippen LogP contribution in [0.5, 0.6) is 0 Å². The fourth-order valence-electron chi connectivity index (χ4n) is 1.79. The molecule has 0 bridgehead atoms. The lowest BCUT2D eigenvalue weighted by Crippen LogP contribution is -2.46. The Bertz CT molecular complexity index is 266. The average molecular weight is 338 g/mol. The molecular formula is C13H30N2O6Si. The number of hydrogen-bond donors (Lipinski definition) is 2. The number of carbonyl (C=O) groups excluding carboxylic acids is 1. The zero-order valence-corrected chi connectivity index (χ0v) is 15.1. The molecule has 0 aliphatic carbocycles. The summed E-state index contributed by atoms with van der Waals surface area (Å²) in [5, 5.41) is 2.70. The quantitative estimate of drug-likeness (QED) is 0.282. The number of urea groups is 1. The van der Waals surface area contributed by atoms with Crippen LogP contribution in [0, 0.1) is 0 Å². The Hall–Kier alpha value is -0.713. The molecular weight excluding hydrogens is 308 g/mol. The molecule has 0 fully saturated rings. The van der Waals surface area contributed by atoms with Gasteiger partial charge in [0, 0.05) is 39.5 Å². The lowest BCUT2D eigenvalue weighted by molar-refractivity contribution is 0.0242. The molecule has 0 radical (unpaired) electrons. The summed E-state index contributed by atoms with van der Waals surface area (Å²) in [7, 11) is -1.06. The number of methoxy groups -OCH3 is 1. The predicted molar refractivity (Wildman–Crippen MR) is 84.4 cm³/mol. The molecule has 0 aromatic carbocycles. The van der Waals surface area contributed by atoms with Crippen molar-refractivity contribution in [3.63, 3.8) is 0 Å². The third kappa shape index (κ3) is 10.1. The molecule has 0 aliphatic rings. The first-order valence-corrected chi connectivity index (χ1v) is 9.63. The standard InChI is InChI=1S/C13H30N2O6Si/c1-5-19-22(20-6-2,21-7-3)12-8-9-14-13(16)15-18-11-10-17-4/h5-12H2,1-4H3,(H2,14,15,16). The van der Waals surface area contributed by atoms with Crippen LogP contribution in [0.2, 0.25) is 6.04 Å². The molecule has 9 heteroatoms. The monoisotopic (exact) mass is 338 g/mol. The topological polar surface area (TPSA) is 87.3 Å². The Balaban J connectivity index is 3.98. The van der Waals surface area contributed by atoms with Gasteiger partial charge in [-0.3, -0.25) is 4.84 Å². The van der Waals surface area contributed by atoms with Crippen LogP contribution >= 0.6 is 0 Å². The maximum absolute atomic E-state index is 11.4. The van der Waals surface area contributed by atoms with E-state index in [4.69, 9.17) is 22.9 Å². The molecule has 0 spiro atoms. The minimum Gasteiger partial charge on any atom is -0.382 e. The summed E-state index contributed by atoms with van der Waals surface area (Å²) in [6.07, 6.45) is 0.706. The minimum atomic E-state index is -2.62. The zero-order valence-electron chi connectivity index (χ0n) is 14.1. The second kappa shape index (κ2) is 13.9. The van der Waals surface area contributed by atoms with Gasteiger partial charge in [0.2, 0.25) is 0 Å². The Morgan fingerprint density at radius 2 is 1.59 bits per heavy atom. The molecule has 22 heavy (non-hydrogen) atoms. The Morgan fingerprint density at radius 1 is 1.00 bits per heavy atom. The van der Waals surface area contributed by atoms with Crippen LogP contribution in [0.25, 0.3) is 0 Å². The van der Waals surface area contributed by atoms with Gasteiger partial charge in [0.25, 0.3) is 0 Å². The van der Waals surface area contributed by atoms with Crippen molar-refractivity contribution in [2.24, 2.45) is 0 Å². The second-order valence-corrected chi connectivity index (χ2v) is 7.02. The number of hydroxylamine groups is 1. The van der Waals surface area contributed by atoms with E-state index >= 15 is 0 Å². The first-order valence-electron chi connectivity index (χ1n) is 7.70. The molecule has 0 rings (SSSR count). The van der Waals surface area contributed by atoms with E-state index in [9.17, 15) is 4.79 Å². The molecule has 0 atom stereocenters. The van der Waals surface area contributed by atoms with E-state index in [1.54, 1.807) is 7.11 Å². The van der Waals surface area contributed by atoms with Crippen LogP contribution in [-0.2, 0) is 22.9 Å². The zero-order chi connectivity index (χ0) is 16.7. The number of rotatable bonds is 14. The minimum absolute atomic E-state index is 0.305. The van der Waals surface area contributed by atoms with Crippen LogP contribution in [0.1, 0.15) is 27.2 Å². The smallest absolute Gasteiger partial charge is 0.382 e. The summed E-state index contributed by atoms with van der Waals surface area (Å²) >= 11 is 0. The molecule has 0 saturated carbocycles. The summed E-state index contributed by atoms with van der Waals surface area (Å²) in [5.74, 6) is 0. The molecule has 2 amide bonds. The van der Waals surface area contributed by atoms with Crippen molar-refractivity contribution < 1.29 is 27.6 Å². The van der Waals surface area contributed by atoms with E-state index in [1.807, 2.05) is 20.8 Å². The van der Waals surface area contributed by atoms with Gasteiger partial charge in [0.1, 0.15) is 0 Å². The number of nitrogens with one attached hydrogen (secondary N) is 2. The number of carbonyl (C=O) groups is 1. The van der Waals surface area contributed by atoms with Crippen LogP contribution in [-0.4, -0.2) is 61.5 Å². The summed E-state index contributed by atoms with van der Waals surface area (Å²) in [6.45, 7) is 8.62. The van der Waals surface area contributed by atoms with E-state index in [1.165, 1.54) is 0 Å². The highest BCUT2D eigenvalue weighted by Crippen LogP contribution is 2.17. The van der Waals surface area contributed by atoms with E-state index in [0.29, 0.717) is 52.0 Å². The summed E-state index contributed by atoms with van der Waals surface area (Å²) in [4.78, 5) is 16.3. The van der Waals surface area contributed by atoms with Crippen molar-refractivity contribution >= 4 is 14.8 Å². The third-order valence-electron chi connectivity index (χ3n) is 2.59. The second-order valence-electron chi connectivity index (χ2n) is 4.28. The Labute approximate surface area is 134 Å². The van der Waals surface area contributed by atoms with E-state index < -0.39 is 8.80 Å². The van der Waals surface area contributed by atoms with Gasteiger partial charge in [-0.2, -0.15) is 0 Å². The molecule has 0 saturated heterocycles.